The summed E-state index contributed by atoms with van der Waals surface area (Å²) in [6.07, 6.45) is 1.36. The third-order valence-corrected chi connectivity index (χ3v) is 3.88. The first kappa shape index (κ1) is 12.5. The van der Waals surface area contributed by atoms with E-state index in [0.717, 1.165) is 5.69 Å². The lowest BCUT2D eigenvalue weighted by Gasteiger charge is -2.14. The molecular formula is C12H19NOS. The zero-order valence-corrected chi connectivity index (χ0v) is 10.6. The summed E-state index contributed by atoms with van der Waals surface area (Å²) >= 11 is 1.83. The van der Waals surface area contributed by atoms with Crippen LogP contribution in [0.5, 0.6) is 0 Å². The van der Waals surface area contributed by atoms with Gasteiger partial charge < -0.3 is 5.11 Å². The van der Waals surface area contributed by atoms with E-state index in [-0.39, 0.29) is 0 Å². The highest BCUT2D eigenvalue weighted by molar-refractivity contribution is 8.00. The number of hydrogen-bond donors (Lipinski definition) is 1. The van der Waals surface area contributed by atoms with Gasteiger partial charge in [0, 0.05) is 16.3 Å². The lowest BCUT2D eigenvalue weighted by atomic mass is 10.2. The summed E-state index contributed by atoms with van der Waals surface area (Å²) in [7, 11) is 0. The van der Waals surface area contributed by atoms with Gasteiger partial charge in [-0.15, -0.1) is 11.8 Å². The van der Waals surface area contributed by atoms with Crippen LogP contribution in [-0.2, 0) is 0 Å². The van der Waals surface area contributed by atoms with Crippen LogP contribution in [0.25, 0.3) is 0 Å². The molecule has 1 unspecified atom stereocenters. The summed E-state index contributed by atoms with van der Waals surface area (Å²) in [5, 5.41) is 9.90. The van der Waals surface area contributed by atoms with Crippen LogP contribution in [0.15, 0.2) is 23.2 Å². The number of pyridine rings is 1. The summed E-state index contributed by atoms with van der Waals surface area (Å²) in [6.45, 7) is 8.38. The molecular weight excluding hydrogens is 206 g/mol. The molecule has 0 aliphatic carbocycles. The lowest BCUT2D eigenvalue weighted by Crippen LogP contribution is -2.05. The molecule has 1 N–H and O–H groups in total. The van der Waals surface area contributed by atoms with Crippen molar-refractivity contribution in [1.29, 1.82) is 0 Å². The van der Waals surface area contributed by atoms with Gasteiger partial charge in [0.05, 0.1) is 11.8 Å². The van der Waals surface area contributed by atoms with Crippen molar-refractivity contribution < 1.29 is 5.11 Å². The van der Waals surface area contributed by atoms with Crippen LogP contribution in [0.2, 0.25) is 0 Å². The molecule has 1 aromatic heterocycles. The molecule has 0 aromatic carbocycles. The molecule has 0 saturated carbocycles. The molecule has 1 heterocycles. The lowest BCUT2D eigenvalue weighted by molar-refractivity contribution is 0.194. The Morgan fingerprint density at radius 3 is 2.27 bits per heavy atom. The van der Waals surface area contributed by atoms with Crippen LogP contribution in [0, 0.1) is 5.92 Å². The number of aromatic nitrogens is 1. The fraction of sp³-hybridized carbons (Fsp3) is 0.583. The monoisotopic (exact) mass is 225 g/mol. The highest BCUT2D eigenvalue weighted by Gasteiger charge is 2.09. The SMILES string of the molecule is CC(C)C(C)Sc1ccc([C@@H](C)O)nc1. The summed E-state index contributed by atoms with van der Waals surface area (Å²) in [6, 6.07) is 3.92. The first-order chi connectivity index (χ1) is 7.00. The molecule has 84 valence electrons. The Morgan fingerprint density at radius 1 is 1.20 bits per heavy atom. The molecule has 0 radical (unpaired) electrons. The van der Waals surface area contributed by atoms with Gasteiger partial charge in [0.15, 0.2) is 0 Å². The van der Waals surface area contributed by atoms with Crippen molar-refractivity contribution in [2.45, 2.75) is 43.9 Å². The van der Waals surface area contributed by atoms with Crippen LogP contribution < -0.4 is 0 Å². The van der Waals surface area contributed by atoms with E-state index in [0.29, 0.717) is 11.2 Å². The summed E-state index contributed by atoms with van der Waals surface area (Å²) < 4.78 is 0. The van der Waals surface area contributed by atoms with Crippen LogP contribution in [0.4, 0.5) is 0 Å². The molecule has 3 heteroatoms. The van der Waals surface area contributed by atoms with E-state index < -0.39 is 6.10 Å². The minimum absolute atomic E-state index is 0.480. The number of rotatable bonds is 4. The van der Waals surface area contributed by atoms with Gasteiger partial charge in [0.1, 0.15) is 0 Å². The van der Waals surface area contributed by atoms with Crippen molar-refractivity contribution in [2.24, 2.45) is 5.92 Å². The van der Waals surface area contributed by atoms with Gasteiger partial charge in [-0.1, -0.05) is 20.8 Å². The average molecular weight is 225 g/mol. The Balaban J connectivity index is 2.64. The van der Waals surface area contributed by atoms with Crippen molar-refractivity contribution in [3.8, 4) is 0 Å². The van der Waals surface area contributed by atoms with E-state index in [4.69, 9.17) is 0 Å². The zero-order valence-electron chi connectivity index (χ0n) is 9.77. The molecule has 0 saturated heterocycles. The molecule has 0 aliphatic rings. The molecule has 1 aromatic rings. The topological polar surface area (TPSA) is 33.1 Å². The minimum atomic E-state index is -0.480. The number of hydrogen-bond acceptors (Lipinski definition) is 3. The van der Waals surface area contributed by atoms with E-state index in [1.165, 1.54) is 4.90 Å². The van der Waals surface area contributed by atoms with Crippen LogP contribution in [0.1, 0.15) is 39.5 Å². The molecule has 0 bridgehead atoms. The van der Waals surface area contributed by atoms with Crippen LogP contribution >= 0.6 is 11.8 Å². The van der Waals surface area contributed by atoms with Gasteiger partial charge in [0.25, 0.3) is 0 Å². The van der Waals surface area contributed by atoms with Crippen molar-refractivity contribution in [2.75, 3.05) is 0 Å². The van der Waals surface area contributed by atoms with Gasteiger partial charge in [0.2, 0.25) is 0 Å². The third kappa shape index (κ3) is 3.84. The molecule has 2 atom stereocenters. The van der Waals surface area contributed by atoms with Gasteiger partial charge in [-0.05, 0) is 25.0 Å². The Kier molecular flexibility index (Phi) is 4.61. The second-order valence-corrected chi connectivity index (χ2v) is 5.61. The summed E-state index contributed by atoms with van der Waals surface area (Å²) in [4.78, 5) is 5.39. The Hall–Kier alpha value is -0.540. The van der Waals surface area contributed by atoms with E-state index in [1.54, 1.807) is 6.92 Å². The predicted molar refractivity (Wildman–Crippen MR) is 65.0 cm³/mol. The largest absolute Gasteiger partial charge is 0.387 e. The maximum atomic E-state index is 9.32. The van der Waals surface area contributed by atoms with E-state index in [2.05, 4.69) is 25.8 Å². The van der Waals surface area contributed by atoms with Crippen molar-refractivity contribution in [1.82, 2.24) is 4.98 Å². The van der Waals surface area contributed by atoms with E-state index >= 15 is 0 Å². The molecule has 0 fully saturated rings. The molecule has 15 heavy (non-hydrogen) atoms. The van der Waals surface area contributed by atoms with Crippen molar-refractivity contribution in [3.63, 3.8) is 0 Å². The first-order valence-corrected chi connectivity index (χ1v) is 6.19. The molecule has 0 aliphatic heterocycles. The quantitative estimate of drug-likeness (QED) is 0.798. The van der Waals surface area contributed by atoms with Crippen molar-refractivity contribution in [3.05, 3.63) is 24.0 Å². The van der Waals surface area contributed by atoms with E-state index in [1.807, 2.05) is 30.1 Å². The highest BCUT2D eigenvalue weighted by atomic mass is 32.2. The number of nitrogens with zero attached hydrogens (tertiary/aromatic N) is 1. The number of aliphatic hydroxyl groups is 1. The Bertz CT molecular complexity index is 295. The van der Waals surface area contributed by atoms with Gasteiger partial charge in [-0.3, -0.25) is 4.98 Å². The normalized spacial score (nSPS) is 15.3. The summed E-state index contributed by atoms with van der Waals surface area (Å²) in [5.74, 6) is 0.659. The predicted octanol–water partition coefficient (Wildman–Crippen LogP) is 3.27. The zero-order chi connectivity index (χ0) is 11.4. The summed E-state index contributed by atoms with van der Waals surface area (Å²) in [5.41, 5.74) is 0.733. The third-order valence-electron chi connectivity index (χ3n) is 2.45. The Labute approximate surface area is 96.1 Å². The first-order valence-electron chi connectivity index (χ1n) is 5.31. The smallest absolute Gasteiger partial charge is 0.0931 e. The fourth-order valence-electron chi connectivity index (χ4n) is 1.06. The number of aliphatic hydroxyl groups excluding tert-OH is 1. The van der Waals surface area contributed by atoms with Gasteiger partial charge >= 0.3 is 0 Å². The molecule has 1 rings (SSSR count). The van der Waals surface area contributed by atoms with Gasteiger partial charge in [-0.2, -0.15) is 0 Å². The number of thioether (sulfide) groups is 1. The van der Waals surface area contributed by atoms with Crippen LogP contribution in [-0.4, -0.2) is 15.3 Å². The molecule has 2 nitrogen and oxygen atoms in total. The maximum Gasteiger partial charge on any atom is 0.0931 e. The molecule has 0 amide bonds. The van der Waals surface area contributed by atoms with Crippen molar-refractivity contribution >= 4 is 11.8 Å². The minimum Gasteiger partial charge on any atom is -0.387 e. The highest BCUT2D eigenvalue weighted by Crippen LogP contribution is 2.27. The fourth-order valence-corrected chi connectivity index (χ4v) is 2.02. The standard InChI is InChI=1S/C12H19NOS/c1-8(2)10(4)15-11-5-6-12(9(3)14)13-7-11/h5-10,14H,1-4H3/t9-,10?/m1/s1. The molecule has 0 spiro atoms. The van der Waals surface area contributed by atoms with Crippen LogP contribution in [0.3, 0.4) is 0 Å². The maximum absolute atomic E-state index is 9.32. The second-order valence-electron chi connectivity index (χ2n) is 4.16. The average Bonchev–Trinajstić information content (AvgIpc) is 2.18. The second kappa shape index (κ2) is 5.52. The Morgan fingerprint density at radius 2 is 1.87 bits per heavy atom. The van der Waals surface area contributed by atoms with Gasteiger partial charge in [-0.25, -0.2) is 0 Å². The van der Waals surface area contributed by atoms with E-state index in [9.17, 15) is 5.11 Å².